The zero-order valence-corrected chi connectivity index (χ0v) is 16.9. The predicted octanol–water partition coefficient (Wildman–Crippen LogP) is 3.58. The molecule has 0 aliphatic carbocycles. The summed E-state index contributed by atoms with van der Waals surface area (Å²) in [6, 6.07) is 12.2. The van der Waals surface area contributed by atoms with Gasteiger partial charge >= 0.3 is 0 Å². The number of piperazine rings is 1. The molecule has 0 amide bonds. The molecular formula is C20H26BrN3O2. The number of nitrogens with zero attached hydrogens (tertiary/aromatic N) is 3. The minimum atomic E-state index is -0.946. The van der Waals surface area contributed by atoms with E-state index in [1.54, 1.807) is 6.20 Å². The van der Waals surface area contributed by atoms with Crippen LogP contribution in [0, 0.1) is 0 Å². The van der Waals surface area contributed by atoms with Crippen molar-refractivity contribution >= 4 is 21.7 Å². The predicted molar refractivity (Wildman–Crippen MR) is 107 cm³/mol. The van der Waals surface area contributed by atoms with Crippen LogP contribution in [0.1, 0.15) is 31.3 Å². The molecule has 2 heterocycles. The number of aliphatic hydroxyl groups is 1. The molecule has 1 unspecified atom stereocenters. The van der Waals surface area contributed by atoms with E-state index in [0.29, 0.717) is 0 Å². The maximum Gasteiger partial charge on any atom is 0.185 e. The molecule has 6 heteroatoms. The van der Waals surface area contributed by atoms with Crippen molar-refractivity contribution < 1.29 is 9.84 Å². The number of aromatic nitrogens is 1. The van der Waals surface area contributed by atoms with E-state index < -0.39 is 6.29 Å². The van der Waals surface area contributed by atoms with E-state index in [4.69, 9.17) is 4.74 Å². The Morgan fingerprint density at radius 3 is 2.62 bits per heavy atom. The normalized spacial score (nSPS) is 16.9. The molecule has 1 fully saturated rings. The third-order valence-corrected chi connectivity index (χ3v) is 4.94. The summed E-state index contributed by atoms with van der Waals surface area (Å²) in [7, 11) is 0. The Bertz CT molecular complexity index is 718. The molecule has 1 aliphatic heterocycles. The van der Waals surface area contributed by atoms with Crippen LogP contribution in [0.3, 0.4) is 0 Å². The highest BCUT2D eigenvalue weighted by atomic mass is 79.9. The highest BCUT2D eigenvalue weighted by Gasteiger charge is 2.23. The minimum absolute atomic E-state index is 0.0416. The largest absolute Gasteiger partial charge is 0.364 e. The molecule has 5 nitrogen and oxygen atoms in total. The van der Waals surface area contributed by atoms with Crippen molar-refractivity contribution in [3.05, 3.63) is 58.2 Å². The topological polar surface area (TPSA) is 48.8 Å². The van der Waals surface area contributed by atoms with Crippen LogP contribution >= 0.6 is 15.9 Å². The second kappa shape index (κ2) is 8.95. The summed E-state index contributed by atoms with van der Waals surface area (Å²) in [5.41, 5.74) is 2.05. The maximum absolute atomic E-state index is 10.4. The number of anilines is 1. The molecule has 1 atom stereocenters. The van der Waals surface area contributed by atoms with Gasteiger partial charge in [-0.25, -0.2) is 4.98 Å². The monoisotopic (exact) mass is 419 g/mol. The second-order valence-corrected chi connectivity index (χ2v) is 7.76. The maximum atomic E-state index is 10.4. The molecule has 1 aromatic carbocycles. The fourth-order valence-electron chi connectivity index (χ4n) is 3.21. The van der Waals surface area contributed by atoms with E-state index in [2.05, 4.69) is 55.0 Å². The van der Waals surface area contributed by atoms with Gasteiger partial charge in [-0.1, -0.05) is 28.1 Å². The first kappa shape index (κ1) is 19.3. The Labute approximate surface area is 163 Å². The Hall–Kier alpha value is -1.47. The lowest BCUT2D eigenvalue weighted by molar-refractivity contribution is -0.128. The number of halogens is 1. The summed E-state index contributed by atoms with van der Waals surface area (Å²) in [6.45, 7) is 8.47. The van der Waals surface area contributed by atoms with Crippen molar-refractivity contribution in [2.24, 2.45) is 0 Å². The Balaban J connectivity index is 1.63. The molecule has 2 aromatic rings. The molecule has 1 N–H and O–H groups in total. The fraction of sp³-hybridized carbons (Fsp3) is 0.450. The van der Waals surface area contributed by atoms with Crippen molar-refractivity contribution in [2.45, 2.75) is 32.8 Å². The van der Waals surface area contributed by atoms with Crippen LogP contribution in [-0.2, 0) is 11.3 Å². The zero-order valence-electron chi connectivity index (χ0n) is 15.3. The number of aliphatic hydroxyl groups excluding tert-OH is 1. The number of rotatable bonds is 6. The first-order chi connectivity index (χ1) is 12.5. The van der Waals surface area contributed by atoms with E-state index >= 15 is 0 Å². The standard InChI is InChI=1S/C20H26BrN3O2/c1-15(2)26-20(25)18-7-4-8-22-19(18)24-11-9-23(10-12-24)14-16-5-3-6-17(21)13-16/h3-8,13,15,20,25H,9-12,14H2,1-2H3. The third-order valence-electron chi connectivity index (χ3n) is 4.45. The van der Waals surface area contributed by atoms with Gasteiger partial charge in [0.15, 0.2) is 6.29 Å². The minimum Gasteiger partial charge on any atom is -0.364 e. The lowest BCUT2D eigenvalue weighted by atomic mass is 10.2. The number of hydrogen-bond acceptors (Lipinski definition) is 5. The molecule has 140 valence electrons. The van der Waals surface area contributed by atoms with Crippen LogP contribution in [0.2, 0.25) is 0 Å². The van der Waals surface area contributed by atoms with Gasteiger partial charge in [0, 0.05) is 43.4 Å². The number of ether oxygens (including phenoxy) is 1. The summed E-state index contributed by atoms with van der Waals surface area (Å²) in [5.74, 6) is 0.822. The first-order valence-electron chi connectivity index (χ1n) is 9.03. The van der Waals surface area contributed by atoms with Crippen molar-refractivity contribution in [1.29, 1.82) is 0 Å². The van der Waals surface area contributed by atoms with E-state index in [9.17, 15) is 5.11 Å². The molecular weight excluding hydrogens is 394 g/mol. The summed E-state index contributed by atoms with van der Waals surface area (Å²) in [6.07, 6.45) is 0.785. The van der Waals surface area contributed by atoms with Crippen LogP contribution in [0.25, 0.3) is 0 Å². The van der Waals surface area contributed by atoms with E-state index in [0.717, 1.165) is 48.6 Å². The van der Waals surface area contributed by atoms with Gasteiger partial charge in [0.25, 0.3) is 0 Å². The quantitative estimate of drug-likeness (QED) is 0.724. The van der Waals surface area contributed by atoms with E-state index in [1.165, 1.54) is 5.56 Å². The van der Waals surface area contributed by atoms with Gasteiger partial charge in [0.05, 0.1) is 11.7 Å². The third kappa shape index (κ3) is 5.04. The van der Waals surface area contributed by atoms with Gasteiger partial charge in [-0.3, -0.25) is 4.90 Å². The molecule has 3 rings (SSSR count). The molecule has 1 aliphatic rings. The van der Waals surface area contributed by atoms with Crippen LogP contribution in [0.5, 0.6) is 0 Å². The average molecular weight is 420 g/mol. The van der Waals surface area contributed by atoms with Crippen molar-refractivity contribution in [3.8, 4) is 0 Å². The number of hydrogen-bond donors (Lipinski definition) is 1. The number of pyridine rings is 1. The average Bonchev–Trinajstić information content (AvgIpc) is 2.62. The molecule has 1 saturated heterocycles. The van der Waals surface area contributed by atoms with E-state index in [-0.39, 0.29) is 6.10 Å². The van der Waals surface area contributed by atoms with Crippen LogP contribution < -0.4 is 4.90 Å². The van der Waals surface area contributed by atoms with Gasteiger partial charge in [-0.15, -0.1) is 0 Å². The molecule has 0 bridgehead atoms. The SMILES string of the molecule is CC(C)OC(O)c1cccnc1N1CCN(Cc2cccc(Br)c2)CC1. The first-order valence-corrected chi connectivity index (χ1v) is 9.82. The van der Waals surface area contributed by atoms with Crippen molar-refractivity contribution in [2.75, 3.05) is 31.1 Å². The van der Waals surface area contributed by atoms with Gasteiger partial charge < -0.3 is 14.7 Å². The van der Waals surface area contributed by atoms with Crippen LogP contribution in [0.15, 0.2) is 47.1 Å². The van der Waals surface area contributed by atoms with Crippen molar-refractivity contribution in [1.82, 2.24) is 9.88 Å². The molecule has 0 spiro atoms. The highest BCUT2D eigenvalue weighted by molar-refractivity contribution is 9.10. The van der Waals surface area contributed by atoms with E-state index in [1.807, 2.05) is 26.0 Å². The lowest BCUT2D eigenvalue weighted by Gasteiger charge is -2.36. The van der Waals surface area contributed by atoms with Crippen LogP contribution in [-0.4, -0.2) is 47.3 Å². The van der Waals surface area contributed by atoms with Gasteiger partial charge in [-0.2, -0.15) is 0 Å². The summed E-state index contributed by atoms with van der Waals surface area (Å²) >= 11 is 3.53. The summed E-state index contributed by atoms with van der Waals surface area (Å²) < 4.78 is 6.67. The van der Waals surface area contributed by atoms with Crippen molar-refractivity contribution in [3.63, 3.8) is 0 Å². The number of benzene rings is 1. The lowest BCUT2D eigenvalue weighted by Crippen LogP contribution is -2.46. The van der Waals surface area contributed by atoms with Gasteiger partial charge in [-0.05, 0) is 43.7 Å². The fourth-order valence-corrected chi connectivity index (χ4v) is 3.66. The molecule has 0 saturated carbocycles. The zero-order chi connectivity index (χ0) is 18.5. The Morgan fingerprint density at radius 2 is 1.92 bits per heavy atom. The second-order valence-electron chi connectivity index (χ2n) is 6.85. The smallest absolute Gasteiger partial charge is 0.185 e. The van der Waals surface area contributed by atoms with Gasteiger partial charge in [0.2, 0.25) is 0 Å². The van der Waals surface area contributed by atoms with Gasteiger partial charge in [0.1, 0.15) is 5.82 Å². The molecule has 26 heavy (non-hydrogen) atoms. The Morgan fingerprint density at radius 1 is 1.15 bits per heavy atom. The Kier molecular flexibility index (Phi) is 6.64. The molecule has 1 aromatic heterocycles. The highest BCUT2D eigenvalue weighted by Crippen LogP contribution is 2.27. The summed E-state index contributed by atoms with van der Waals surface area (Å²) in [4.78, 5) is 9.19. The summed E-state index contributed by atoms with van der Waals surface area (Å²) in [5, 5.41) is 10.4. The molecule has 0 radical (unpaired) electrons. The van der Waals surface area contributed by atoms with Crippen LogP contribution in [0.4, 0.5) is 5.82 Å².